The summed E-state index contributed by atoms with van der Waals surface area (Å²) in [5, 5.41) is 0. The Morgan fingerprint density at radius 2 is 0.854 bits per heavy atom. The van der Waals surface area contributed by atoms with Crippen molar-refractivity contribution in [3.05, 3.63) is 373 Å². The van der Waals surface area contributed by atoms with Gasteiger partial charge in [-0.3, -0.25) is 0 Å². The van der Waals surface area contributed by atoms with E-state index in [9.17, 15) is 0 Å². The maximum Gasteiger partial charge on any atom is 0.0714 e. The molecule has 12 aromatic carbocycles. The van der Waals surface area contributed by atoms with E-state index < -0.39 is 10.8 Å². The first-order valence-corrected chi connectivity index (χ1v) is 28.5. The Morgan fingerprint density at radius 1 is 0.341 bits per heavy atom. The molecule has 2 heteroatoms. The zero-order valence-corrected chi connectivity index (χ0v) is 45.3. The number of nitrogens with zero attached hydrogens (tertiary/aromatic N) is 2. The number of fused-ring (bicyclic) bond motifs is 6. The van der Waals surface area contributed by atoms with Crippen LogP contribution in [0.5, 0.6) is 0 Å². The highest BCUT2D eigenvalue weighted by atomic mass is 15.1. The molecule has 0 spiro atoms. The monoisotopic (exact) mass is 1040 g/mol. The van der Waals surface area contributed by atoms with Crippen molar-refractivity contribution < 1.29 is 0 Å². The third-order valence-corrected chi connectivity index (χ3v) is 17.5. The minimum Gasteiger partial charge on any atom is -0.310 e. The number of hydrogen-bond acceptors (Lipinski definition) is 2. The van der Waals surface area contributed by atoms with Crippen LogP contribution in [0.25, 0.3) is 44.5 Å². The van der Waals surface area contributed by atoms with Gasteiger partial charge < -0.3 is 9.80 Å². The number of rotatable bonds is 12. The molecule has 0 bridgehead atoms. The Bertz CT molecular complexity index is 4270. The van der Waals surface area contributed by atoms with Crippen LogP contribution < -0.4 is 9.80 Å². The quantitative estimate of drug-likeness (QED) is 0.120. The van der Waals surface area contributed by atoms with E-state index in [1.54, 1.807) is 0 Å². The molecular weight excluding hydrogens is 989 g/mol. The normalized spacial score (nSPS) is 15.8. The molecule has 0 fully saturated rings. The van der Waals surface area contributed by atoms with Gasteiger partial charge in [0.05, 0.1) is 22.2 Å². The summed E-state index contributed by atoms with van der Waals surface area (Å²) in [6, 6.07) is 116. The van der Waals surface area contributed by atoms with E-state index in [0.29, 0.717) is 0 Å². The van der Waals surface area contributed by atoms with Crippen molar-refractivity contribution in [3.8, 4) is 44.5 Å². The maximum atomic E-state index is 3.34. The van der Waals surface area contributed by atoms with E-state index in [4.69, 9.17) is 0 Å². The van der Waals surface area contributed by atoms with Gasteiger partial charge in [0.25, 0.3) is 0 Å². The minimum absolute atomic E-state index is 0.0865. The van der Waals surface area contributed by atoms with Crippen molar-refractivity contribution in [2.75, 3.05) is 9.80 Å². The smallest absolute Gasteiger partial charge is 0.0714 e. The molecule has 0 heterocycles. The van der Waals surface area contributed by atoms with Gasteiger partial charge in [-0.2, -0.15) is 0 Å². The van der Waals surface area contributed by atoms with Crippen LogP contribution in [0.15, 0.2) is 322 Å². The average Bonchev–Trinajstić information content (AvgIpc) is 2.34. The lowest BCUT2D eigenvalue weighted by molar-refractivity contribution is 0.457. The molecule has 0 aliphatic heterocycles. The third-order valence-electron chi connectivity index (χ3n) is 17.5. The molecule has 386 valence electrons. The Balaban J connectivity index is 1.02. The van der Waals surface area contributed by atoms with E-state index >= 15 is 0 Å². The zero-order valence-electron chi connectivity index (χ0n) is 45.3. The first-order valence-electron chi connectivity index (χ1n) is 28.5. The first-order chi connectivity index (χ1) is 40.7. The number of para-hydroxylation sites is 1. The summed E-state index contributed by atoms with van der Waals surface area (Å²) in [6.07, 6.45) is 10.2. The highest BCUT2D eigenvalue weighted by molar-refractivity contribution is 6.01. The second-order valence-electron chi connectivity index (χ2n) is 21.7. The predicted octanol–water partition coefficient (Wildman–Crippen LogP) is 20.4. The molecule has 82 heavy (non-hydrogen) atoms. The van der Waals surface area contributed by atoms with E-state index in [0.717, 1.165) is 40.5 Å². The third kappa shape index (κ3) is 7.81. The standard InChI is InChI=1S/C80H56N2/c1-9-26-57(27-10-1)59-44-48-67(49-45-59)81(65-38-21-7-22-39-65)69-52-53-70-71-55-76-72(56-75(71)80(74(70)54-69,63-34-17-5-18-35-63)64-36-19-6-20-37-64)78-73(79(76,61-30-13-3-14-31-61)62-32-15-4-16-33-62)42-25-43-77(78)82(66-40-23-8-24-41-66)68-50-46-60(47-51-68)58-28-11-2-12-29-58/h1-7,9-23,25-36,38-56,64H,37H2. The van der Waals surface area contributed by atoms with Gasteiger partial charge in [0, 0.05) is 34.4 Å². The second-order valence-corrected chi connectivity index (χ2v) is 21.7. The van der Waals surface area contributed by atoms with E-state index in [1.807, 2.05) is 6.07 Å². The molecular formula is C80H56N2. The Kier molecular flexibility index (Phi) is 12.1. The maximum absolute atomic E-state index is 3.34. The molecule has 0 aromatic heterocycles. The molecule has 12 aromatic rings. The lowest BCUT2D eigenvalue weighted by Gasteiger charge is -2.40. The molecule has 3 aliphatic carbocycles. The second kappa shape index (κ2) is 20.3. The van der Waals surface area contributed by atoms with Crippen molar-refractivity contribution in [2.24, 2.45) is 5.92 Å². The minimum atomic E-state index is -0.695. The van der Waals surface area contributed by atoms with Gasteiger partial charge in [-0.25, -0.2) is 0 Å². The van der Waals surface area contributed by atoms with Gasteiger partial charge in [0.1, 0.15) is 0 Å². The van der Waals surface area contributed by atoms with Crippen molar-refractivity contribution >= 4 is 34.1 Å². The summed E-state index contributed by atoms with van der Waals surface area (Å²) < 4.78 is 0. The summed E-state index contributed by atoms with van der Waals surface area (Å²) in [7, 11) is 0. The Morgan fingerprint density at radius 3 is 1.43 bits per heavy atom. The van der Waals surface area contributed by atoms with Crippen molar-refractivity contribution in [2.45, 2.75) is 17.3 Å². The summed E-state index contributed by atoms with van der Waals surface area (Å²) in [4.78, 5) is 4.87. The molecule has 2 unspecified atom stereocenters. The van der Waals surface area contributed by atoms with Crippen LogP contribution >= 0.6 is 0 Å². The molecule has 3 aliphatic rings. The lowest BCUT2D eigenvalue weighted by Crippen LogP contribution is -2.36. The number of anilines is 6. The lowest BCUT2D eigenvalue weighted by atomic mass is 9.62. The highest BCUT2D eigenvalue weighted by Gasteiger charge is 2.54. The van der Waals surface area contributed by atoms with Gasteiger partial charge >= 0.3 is 0 Å². The van der Waals surface area contributed by atoms with Gasteiger partial charge in [0.15, 0.2) is 0 Å². The van der Waals surface area contributed by atoms with Crippen LogP contribution in [-0.4, -0.2) is 0 Å². The fraction of sp³-hybridized carbons (Fsp3) is 0.0500. The number of benzene rings is 11. The summed E-state index contributed by atoms with van der Waals surface area (Å²) in [6.45, 7) is 0. The average molecular weight is 1050 g/mol. The van der Waals surface area contributed by atoms with Crippen LogP contribution in [0, 0.1) is 18.1 Å². The van der Waals surface area contributed by atoms with E-state index in [-0.39, 0.29) is 5.92 Å². The molecule has 0 N–H and O–H groups in total. The van der Waals surface area contributed by atoms with Crippen LogP contribution in [0.1, 0.15) is 45.4 Å². The van der Waals surface area contributed by atoms with Crippen LogP contribution in [0.2, 0.25) is 0 Å². The topological polar surface area (TPSA) is 6.48 Å². The summed E-state index contributed by atoms with van der Waals surface area (Å²) in [5.41, 5.74) is 23.7. The summed E-state index contributed by atoms with van der Waals surface area (Å²) >= 11 is 0. The highest BCUT2D eigenvalue weighted by Crippen LogP contribution is 2.65. The van der Waals surface area contributed by atoms with Crippen molar-refractivity contribution in [1.29, 1.82) is 0 Å². The molecule has 0 radical (unpaired) electrons. The van der Waals surface area contributed by atoms with Crippen LogP contribution in [-0.2, 0) is 10.8 Å². The zero-order chi connectivity index (χ0) is 54.5. The molecule has 0 saturated carbocycles. The van der Waals surface area contributed by atoms with Gasteiger partial charge in [-0.15, -0.1) is 0 Å². The van der Waals surface area contributed by atoms with E-state index in [1.165, 1.54) is 83.5 Å². The Hall–Kier alpha value is -10.5. The largest absolute Gasteiger partial charge is 0.310 e. The van der Waals surface area contributed by atoms with E-state index in [2.05, 4.69) is 337 Å². The van der Waals surface area contributed by atoms with Gasteiger partial charge in [-0.05, 0) is 169 Å². The first kappa shape index (κ1) is 48.6. The van der Waals surface area contributed by atoms with Crippen molar-refractivity contribution in [3.63, 3.8) is 0 Å². The fourth-order valence-corrected chi connectivity index (χ4v) is 14.0. The molecule has 15 rings (SSSR count). The van der Waals surface area contributed by atoms with Gasteiger partial charge in [-0.1, -0.05) is 249 Å². The molecule has 0 amide bonds. The molecule has 2 nitrogen and oxygen atoms in total. The van der Waals surface area contributed by atoms with Gasteiger partial charge in [0.2, 0.25) is 0 Å². The summed E-state index contributed by atoms with van der Waals surface area (Å²) in [5.74, 6) is 0.0865. The van der Waals surface area contributed by atoms with Crippen LogP contribution in [0.3, 0.4) is 0 Å². The number of allylic oxidation sites excluding steroid dienone is 4. The Labute approximate surface area is 481 Å². The van der Waals surface area contributed by atoms with Crippen molar-refractivity contribution in [1.82, 2.24) is 0 Å². The molecule has 2 atom stereocenters. The SMILES string of the molecule is c1ccc(N(c2ccc(-c3ccccc3)cc2)c2cccc3c2-c2cc4c(cc2C3(c2ccccc2)c2ccccc2)-c2ccc(N(c3ccccc3)c3ccc(-c5ccccc5)cc3)cc2C4(c2ccccc2)C2C=CC=CC2)cc#1. The predicted molar refractivity (Wildman–Crippen MR) is 340 cm³/mol. The number of hydrogen-bond donors (Lipinski definition) is 0. The fourth-order valence-electron chi connectivity index (χ4n) is 14.0. The molecule has 0 saturated heterocycles. The van der Waals surface area contributed by atoms with Crippen LogP contribution in [0.4, 0.5) is 34.1 Å².